The van der Waals surface area contributed by atoms with Gasteiger partial charge in [0.2, 0.25) is 0 Å². The van der Waals surface area contributed by atoms with Crippen LogP contribution >= 0.6 is 0 Å². The molecule has 0 bridgehead atoms. The second-order valence-corrected chi connectivity index (χ2v) is 6.61. The number of morpholine rings is 1. The highest BCUT2D eigenvalue weighted by atomic mass is 19.4. The highest BCUT2D eigenvalue weighted by molar-refractivity contribution is 5.71. The molecule has 10 heteroatoms. The number of alkyl halides is 3. The Bertz CT molecular complexity index is 795. The van der Waals surface area contributed by atoms with Gasteiger partial charge in [0.05, 0.1) is 36.7 Å². The summed E-state index contributed by atoms with van der Waals surface area (Å²) in [4.78, 5) is 1.79. The van der Waals surface area contributed by atoms with Gasteiger partial charge in [-0.25, -0.2) is 0 Å². The van der Waals surface area contributed by atoms with Crippen LogP contribution in [0.5, 0.6) is 5.75 Å². The van der Waals surface area contributed by atoms with Crippen LogP contribution in [0, 0.1) is 6.92 Å². The Morgan fingerprint density at radius 1 is 1.11 bits per heavy atom. The van der Waals surface area contributed by atoms with E-state index in [0.29, 0.717) is 25.0 Å². The topological polar surface area (TPSA) is 98.9 Å². The van der Waals surface area contributed by atoms with Crippen molar-refractivity contribution in [1.29, 1.82) is 0 Å². The molecule has 3 N–H and O–H groups in total. The van der Waals surface area contributed by atoms with Gasteiger partial charge in [-0.05, 0) is 36.8 Å². The fourth-order valence-corrected chi connectivity index (χ4v) is 3.21. The number of hydrogen-bond donors (Lipinski definition) is 3. The molecular weight excluding hydrogens is 379 g/mol. The third-order valence-electron chi connectivity index (χ3n) is 4.51. The third-order valence-corrected chi connectivity index (χ3v) is 4.51. The first-order valence-corrected chi connectivity index (χ1v) is 8.60. The minimum atomic E-state index is -4.56. The highest BCUT2D eigenvalue weighted by Gasteiger charge is 2.32. The van der Waals surface area contributed by atoms with Crippen molar-refractivity contribution in [3.63, 3.8) is 0 Å². The summed E-state index contributed by atoms with van der Waals surface area (Å²) >= 11 is 0. The summed E-state index contributed by atoms with van der Waals surface area (Å²) in [7, 11) is 0. The molecule has 0 radical (unpaired) electrons. The lowest BCUT2D eigenvalue weighted by atomic mass is 10.0. The summed E-state index contributed by atoms with van der Waals surface area (Å²) < 4.78 is 44.1. The molecule has 0 aliphatic carbocycles. The molecule has 28 heavy (non-hydrogen) atoms. The molecule has 2 aromatic rings. The standard InChI is InChI=1S/C18H20F3N3O4/c1-10-4-11(18(19,20)21)5-15(27)17(10)14-2-3-16(23-22-14)24-6-12(8-25)28-13(7-24)9-26/h2-5,12-13,25-27H,6-9H2,1H3/t12-,13-/m0/s1. The van der Waals surface area contributed by atoms with Crippen LogP contribution in [0.15, 0.2) is 24.3 Å². The Kier molecular flexibility index (Phi) is 5.73. The number of halogens is 3. The second kappa shape index (κ2) is 7.90. The number of aliphatic hydroxyl groups excluding tert-OH is 2. The molecule has 7 nitrogen and oxygen atoms in total. The van der Waals surface area contributed by atoms with Crippen molar-refractivity contribution in [1.82, 2.24) is 10.2 Å². The molecule has 1 saturated heterocycles. The van der Waals surface area contributed by atoms with Crippen molar-refractivity contribution in [2.24, 2.45) is 0 Å². The number of aromatic hydroxyl groups is 1. The molecule has 0 saturated carbocycles. The molecule has 1 aromatic heterocycles. The number of hydrogen-bond acceptors (Lipinski definition) is 7. The summed E-state index contributed by atoms with van der Waals surface area (Å²) in [5.41, 5.74) is -0.302. The lowest BCUT2D eigenvalue weighted by molar-refractivity contribution is -0.137. The molecular formula is C18H20F3N3O4. The van der Waals surface area contributed by atoms with Gasteiger partial charge in [0.25, 0.3) is 0 Å². The number of phenolic OH excluding ortho intramolecular Hbond substituents is 1. The zero-order chi connectivity index (χ0) is 20.5. The SMILES string of the molecule is Cc1cc(C(F)(F)F)cc(O)c1-c1ccc(N2C[C@@H](CO)O[C@H](CO)C2)nn1. The van der Waals surface area contributed by atoms with Crippen LogP contribution in [0.4, 0.5) is 19.0 Å². The minimum absolute atomic E-state index is 0.176. The van der Waals surface area contributed by atoms with Gasteiger partial charge in [-0.3, -0.25) is 0 Å². The largest absolute Gasteiger partial charge is 0.507 e. The number of aliphatic hydroxyl groups is 2. The first-order chi connectivity index (χ1) is 13.2. The van der Waals surface area contributed by atoms with Crippen LogP contribution in [-0.2, 0) is 10.9 Å². The van der Waals surface area contributed by atoms with Gasteiger partial charge in [-0.2, -0.15) is 13.2 Å². The van der Waals surface area contributed by atoms with Gasteiger partial charge in [-0.15, -0.1) is 10.2 Å². The molecule has 152 valence electrons. The van der Waals surface area contributed by atoms with Gasteiger partial charge >= 0.3 is 6.18 Å². The number of aromatic nitrogens is 2. The van der Waals surface area contributed by atoms with Crippen LogP contribution in [0.25, 0.3) is 11.3 Å². The predicted molar refractivity (Wildman–Crippen MR) is 93.9 cm³/mol. The summed E-state index contributed by atoms with van der Waals surface area (Å²) in [5.74, 6) is -0.0607. The average molecular weight is 399 g/mol. The monoisotopic (exact) mass is 399 g/mol. The number of aryl methyl sites for hydroxylation is 1. The van der Waals surface area contributed by atoms with Crippen molar-refractivity contribution in [2.45, 2.75) is 25.3 Å². The molecule has 3 rings (SSSR count). The van der Waals surface area contributed by atoms with E-state index < -0.39 is 29.7 Å². The lowest BCUT2D eigenvalue weighted by Gasteiger charge is -2.37. The fourth-order valence-electron chi connectivity index (χ4n) is 3.21. The number of phenols is 1. The van der Waals surface area contributed by atoms with E-state index in [1.54, 1.807) is 17.0 Å². The van der Waals surface area contributed by atoms with E-state index in [9.17, 15) is 28.5 Å². The van der Waals surface area contributed by atoms with E-state index in [1.165, 1.54) is 6.92 Å². The lowest BCUT2D eigenvalue weighted by Crippen LogP contribution is -2.50. The normalized spacial score (nSPS) is 20.4. The van der Waals surface area contributed by atoms with Crippen LogP contribution in [0.3, 0.4) is 0 Å². The average Bonchev–Trinajstić information content (AvgIpc) is 2.66. The molecule has 1 aliphatic rings. The zero-order valence-corrected chi connectivity index (χ0v) is 15.0. The van der Waals surface area contributed by atoms with Gasteiger partial charge in [0, 0.05) is 18.7 Å². The van der Waals surface area contributed by atoms with Gasteiger partial charge in [-0.1, -0.05) is 0 Å². The second-order valence-electron chi connectivity index (χ2n) is 6.61. The van der Waals surface area contributed by atoms with Crippen molar-refractivity contribution < 1.29 is 33.2 Å². The van der Waals surface area contributed by atoms with Crippen molar-refractivity contribution in [2.75, 3.05) is 31.2 Å². The molecule has 0 amide bonds. The molecule has 2 atom stereocenters. The molecule has 2 heterocycles. The third kappa shape index (κ3) is 4.18. The summed E-state index contributed by atoms with van der Waals surface area (Å²) in [6.45, 7) is 1.74. The first-order valence-electron chi connectivity index (χ1n) is 8.60. The fraction of sp³-hybridized carbons (Fsp3) is 0.444. The highest BCUT2D eigenvalue weighted by Crippen LogP contribution is 2.38. The number of benzene rings is 1. The molecule has 1 fully saturated rings. The zero-order valence-electron chi connectivity index (χ0n) is 15.0. The number of rotatable bonds is 4. The Morgan fingerprint density at radius 3 is 2.21 bits per heavy atom. The first kappa shape index (κ1) is 20.3. The Labute approximate surface area is 159 Å². The Balaban J connectivity index is 1.87. The number of ether oxygens (including phenoxy) is 1. The summed E-state index contributed by atoms with van der Waals surface area (Å²) in [5, 5.41) is 36.9. The molecule has 0 spiro atoms. The molecule has 1 aromatic carbocycles. The van der Waals surface area contributed by atoms with E-state index >= 15 is 0 Å². The predicted octanol–water partition coefficient (Wildman–Crippen LogP) is 1.73. The van der Waals surface area contributed by atoms with Gasteiger partial charge in [0.1, 0.15) is 5.75 Å². The van der Waals surface area contributed by atoms with Crippen LogP contribution < -0.4 is 4.90 Å². The van der Waals surface area contributed by atoms with Crippen LogP contribution in [-0.4, -0.2) is 64.0 Å². The van der Waals surface area contributed by atoms with E-state index in [4.69, 9.17) is 4.74 Å². The van der Waals surface area contributed by atoms with Crippen LogP contribution in [0.1, 0.15) is 11.1 Å². The maximum Gasteiger partial charge on any atom is 0.416 e. The van der Waals surface area contributed by atoms with E-state index in [1.807, 2.05) is 0 Å². The summed E-state index contributed by atoms with van der Waals surface area (Å²) in [6, 6.07) is 4.78. The number of anilines is 1. The summed E-state index contributed by atoms with van der Waals surface area (Å²) in [6.07, 6.45) is -5.51. The molecule has 0 unspecified atom stereocenters. The van der Waals surface area contributed by atoms with E-state index in [0.717, 1.165) is 6.07 Å². The van der Waals surface area contributed by atoms with Gasteiger partial charge < -0.3 is 25.0 Å². The Hall–Kier alpha value is -2.43. The molecule has 1 aliphatic heterocycles. The van der Waals surface area contributed by atoms with Gasteiger partial charge in [0.15, 0.2) is 5.82 Å². The quantitative estimate of drug-likeness (QED) is 0.720. The van der Waals surface area contributed by atoms with Crippen molar-refractivity contribution in [3.8, 4) is 17.0 Å². The number of nitrogens with zero attached hydrogens (tertiary/aromatic N) is 3. The minimum Gasteiger partial charge on any atom is -0.507 e. The smallest absolute Gasteiger partial charge is 0.416 e. The van der Waals surface area contributed by atoms with E-state index in [-0.39, 0.29) is 30.0 Å². The van der Waals surface area contributed by atoms with Crippen LogP contribution in [0.2, 0.25) is 0 Å². The van der Waals surface area contributed by atoms with Crippen molar-refractivity contribution >= 4 is 5.82 Å². The maximum absolute atomic E-state index is 12.9. The van der Waals surface area contributed by atoms with Crippen molar-refractivity contribution in [3.05, 3.63) is 35.4 Å². The maximum atomic E-state index is 12.9. The van der Waals surface area contributed by atoms with E-state index in [2.05, 4.69) is 10.2 Å². The Morgan fingerprint density at radius 2 is 1.75 bits per heavy atom.